The molecule has 1 aliphatic rings. The van der Waals surface area contributed by atoms with Crippen molar-refractivity contribution in [3.05, 3.63) is 70.8 Å². The predicted molar refractivity (Wildman–Crippen MR) is 100 cm³/mol. The second-order valence-electron chi connectivity index (χ2n) is 6.76. The summed E-state index contributed by atoms with van der Waals surface area (Å²) >= 11 is 0. The number of ether oxygens (including phenoxy) is 1. The van der Waals surface area contributed by atoms with E-state index in [0.29, 0.717) is 6.07 Å². The van der Waals surface area contributed by atoms with E-state index < -0.39 is 54.0 Å². The topological polar surface area (TPSA) is 92.8 Å². The zero-order valence-corrected chi connectivity index (χ0v) is 16.1. The van der Waals surface area contributed by atoms with Gasteiger partial charge >= 0.3 is 5.97 Å². The molecule has 0 bridgehead atoms. The van der Waals surface area contributed by atoms with Crippen LogP contribution >= 0.6 is 0 Å². The Morgan fingerprint density at radius 3 is 2.20 bits per heavy atom. The summed E-state index contributed by atoms with van der Waals surface area (Å²) in [6.45, 7) is 2.11. The SMILES string of the molecule is C[C@@H](NC(=O)COC(=O)[C@H](C)N1C(=O)c2ccccc2C1=O)c1ccc(F)cc1F. The minimum atomic E-state index is -1.24. The zero-order chi connectivity index (χ0) is 22.0. The smallest absolute Gasteiger partial charge is 0.329 e. The third-order valence-corrected chi connectivity index (χ3v) is 4.71. The molecule has 1 heterocycles. The molecule has 2 aromatic rings. The van der Waals surface area contributed by atoms with Gasteiger partial charge in [0.1, 0.15) is 17.7 Å². The van der Waals surface area contributed by atoms with Crippen molar-refractivity contribution in [3.63, 3.8) is 0 Å². The maximum Gasteiger partial charge on any atom is 0.329 e. The lowest BCUT2D eigenvalue weighted by Gasteiger charge is -2.21. The first-order valence-corrected chi connectivity index (χ1v) is 9.08. The van der Waals surface area contributed by atoms with Crippen LogP contribution in [0.2, 0.25) is 0 Å². The van der Waals surface area contributed by atoms with Gasteiger partial charge in [-0.05, 0) is 32.0 Å². The fourth-order valence-corrected chi connectivity index (χ4v) is 3.14. The van der Waals surface area contributed by atoms with Crippen LogP contribution in [0.4, 0.5) is 8.78 Å². The van der Waals surface area contributed by atoms with Gasteiger partial charge in [-0.25, -0.2) is 13.6 Å². The third kappa shape index (κ3) is 4.05. The summed E-state index contributed by atoms with van der Waals surface area (Å²) in [5.74, 6) is -4.48. The summed E-state index contributed by atoms with van der Waals surface area (Å²) < 4.78 is 31.7. The molecular formula is C21H18F2N2O5. The molecule has 2 atom stereocenters. The number of imide groups is 1. The lowest BCUT2D eigenvalue weighted by Crippen LogP contribution is -2.44. The van der Waals surface area contributed by atoms with Crippen LogP contribution < -0.4 is 5.32 Å². The second kappa shape index (κ2) is 8.40. The van der Waals surface area contributed by atoms with Crippen LogP contribution in [0, 0.1) is 11.6 Å². The van der Waals surface area contributed by atoms with Gasteiger partial charge in [-0.1, -0.05) is 18.2 Å². The molecule has 0 aromatic heterocycles. The van der Waals surface area contributed by atoms with Crippen LogP contribution in [0.3, 0.4) is 0 Å². The number of hydrogen-bond acceptors (Lipinski definition) is 5. The normalized spacial score (nSPS) is 14.9. The molecule has 3 amide bonds. The molecule has 156 valence electrons. The highest BCUT2D eigenvalue weighted by atomic mass is 19.1. The summed E-state index contributed by atoms with van der Waals surface area (Å²) in [4.78, 5) is 49.9. The van der Waals surface area contributed by atoms with Crippen LogP contribution in [-0.4, -0.2) is 41.2 Å². The fourth-order valence-electron chi connectivity index (χ4n) is 3.14. The molecule has 0 saturated heterocycles. The molecule has 0 saturated carbocycles. The average molecular weight is 416 g/mol. The number of halogens is 2. The summed E-state index contributed by atoms with van der Waals surface area (Å²) in [5, 5.41) is 2.43. The van der Waals surface area contributed by atoms with Crippen molar-refractivity contribution in [2.75, 3.05) is 6.61 Å². The Morgan fingerprint density at radius 2 is 1.63 bits per heavy atom. The zero-order valence-electron chi connectivity index (χ0n) is 16.1. The molecular weight excluding hydrogens is 398 g/mol. The Balaban J connectivity index is 1.57. The number of carbonyl (C=O) groups is 4. The predicted octanol–water partition coefficient (Wildman–Crippen LogP) is 2.37. The van der Waals surface area contributed by atoms with Crippen LogP contribution in [0.25, 0.3) is 0 Å². The first kappa shape index (κ1) is 21.1. The van der Waals surface area contributed by atoms with E-state index in [4.69, 9.17) is 4.74 Å². The fraction of sp³-hybridized carbons (Fsp3) is 0.238. The number of carbonyl (C=O) groups excluding carboxylic acids is 4. The molecule has 30 heavy (non-hydrogen) atoms. The molecule has 3 rings (SSSR count). The highest BCUT2D eigenvalue weighted by molar-refractivity contribution is 6.22. The lowest BCUT2D eigenvalue weighted by molar-refractivity contribution is -0.152. The molecule has 0 radical (unpaired) electrons. The number of esters is 1. The van der Waals surface area contributed by atoms with Gasteiger partial charge in [-0.2, -0.15) is 0 Å². The number of amides is 3. The molecule has 0 unspecified atom stereocenters. The minimum Gasteiger partial charge on any atom is -0.454 e. The van der Waals surface area contributed by atoms with Gasteiger partial charge in [-0.15, -0.1) is 0 Å². The maximum absolute atomic E-state index is 13.8. The van der Waals surface area contributed by atoms with Crippen LogP contribution in [0.1, 0.15) is 46.2 Å². The van der Waals surface area contributed by atoms with Crippen molar-refractivity contribution in [2.24, 2.45) is 0 Å². The molecule has 9 heteroatoms. The Morgan fingerprint density at radius 1 is 1.03 bits per heavy atom. The Labute approximate surface area is 170 Å². The van der Waals surface area contributed by atoms with E-state index in [0.717, 1.165) is 11.0 Å². The van der Waals surface area contributed by atoms with Gasteiger partial charge in [0.15, 0.2) is 6.61 Å². The van der Waals surface area contributed by atoms with Gasteiger partial charge in [0, 0.05) is 11.6 Å². The number of hydrogen-bond donors (Lipinski definition) is 1. The van der Waals surface area contributed by atoms with E-state index in [9.17, 15) is 28.0 Å². The number of fused-ring (bicyclic) bond motifs is 1. The van der Waals surface area contributed by atoms with E-state index in [-0.39, 0.29) is 16.7 Å². The standard InChI is InChI=1S/C21H18F2N2O5/c1-11(14-8-7-13(22)9-17(14)23)24-18(26)10-30-21(29)12(2)25-19(27)15-5-3-4-6-16(15)20(25)28/h3-9,11-12H,10H2,1-2H3,(H,24,26)/t11-,12+/m1/s1. The van der Waals surface area contributed by atoms with Gasteiger partial charge < -0.3 is 10.1 Å². The molecule has 1 N–H and O–H groups in total. The second-order valence-corrected chi connectivity index (χ2v) is 6.76. The number of nitrogens with zero attached hydrogens (tertiary/aromatic N) is 1. The Bertz CT molecular complexity index is 1000. The lowest BCUT2D eigenvalue weighted by atomic mass is 10.1. The first-order valence-electron chi connectivity index (χ1n) is 9.08. The Hall–Kier alpha value is -3.62. The summed E-state index contributed by atoms with van der Waals surface area (Å²) in [7, 11) is 0. The van der Waals surface area contributed by atoms with Crippen LogP contribution in [-0.2, 0) is 14.3 Å². The van der Waals surface area contributed by atoms with Crippen LogP contribution in [0.15, 0.2) is 42.5 Å². The minimum absolute atomic E-state index is 0.0652. The quantitative estimate of drug-likeness (QED) is 0.577. The summed E-state index contributed by atoms with van der Waals surface area (Å²) in [6, 6.07) is 7.09. The Kier molecular flexibility index (Phi) is 5.91. The maximum atomic E-state index is 13.8. The van der Waals surface area contributed by atoms with Crippen molar-refractivity contribution in [1.82, 2.24) is 10.2 Å². The largest absolute Gasteiger partial charge is 0.454 e. The van der Waals surface area contributed by atoms with Crippen molar-refractivity contribution in [1.29, 1.82) is 0 Å². The highest BCUT2D eigenvalue weighted by Crippen LogP contribution is 2.24. The molecule has 0 spiro atoms. The van der Waals surface area contributed by atoms with E-state index in [1.807, 2.05) is 0 Å². The molecule has 7 nitrogen and oxygen atoms in total. The number of benzene rings is 2. The molecule has 2 aromatic carbocycles. The third-order valence-electron chi connectivity index (χ3n) is 4.71. The summed E-state index contributed by atoms with van der Waals surface area (Å²) in [6.07, 6.45) is 0. The molecule has 0 aliphatic carbocycles. The van der Waals surface area contributed by atoms with Crippen molar-refractivity contribution in [2.45, 2.75) is 25.9 Å². The average Bonchev–Trinajstić information content (AvgIpc) is 2.96. The van der Waals surface area contributed by atoms with E-state index in [1.165, 1.54) is 32.0 Å². The van der Waals surface area contributed by atoms with Crippen LogP contribution in [0.5, 0.6) is 0 Å². The van der Waals surface area contributed by atoms with E-state index in [1.54, 1.807) is 12.1 Å². The van der Waals surface area contributed by atoms with Crippen molar-refractivity contribution >= 4 is 23.7 Å². The van der Waals surface area contributed by atoms with Gasteiger partial charge in [-0.3, -0.25) is 19.3 Å². The van der Waals surface area contributed by atoms with Gasteiger partial charge in [0.25, 0.3) is 17.7 Å². The highest BCUT2D eigenvalue weighted by Gasteiger charge is 2.41. The number of nitrogens with one attached hydrogen (secondary N) is 1. The molecule has 1 aliphatic heterocycles. The summed E-state index contributed by atoms with van der Waals surface area (Å²) in [5.41, 5.74) is 0.445. The van der Waals surface area contributed by atoms with Crippen molar-refractivity contribution in [3.8, 4) is 0 Å². The van der Waals surface area contributed by atoms with Crippen molar-refractivity contribution < 1.29 is 32.7 Å². The number of rotatable bonds is 6. The van der Waals surface area contributed by atoms with Gasteiger partial charge in [0.2, 0.25) is 0 Å². The first-order chi connectivity index (χ1) is 14.2. The molecule has 0 fully saturated rings. The van der Waals surface area contributed by atoms with E-state index in [2.05, 4.69) is 5.32 Å². The van der Waals surface area contributed by atoms with Gasteiger partial charge in [0.05, 0.1) is 17.2 Å². The van der Waals surface area contributed by atoms with E-state index >= 15 is 0 Å². The monoisotopic (exact) mass is 416 g/mol.